The zero-order chi connectivity index (χ0) is 12.3. The molecule has 0 amide bonds. The summed E-state index contributed by atoms with van der Waals surface area (Å²) >= 11 is 1.61. The third-order valence-electron chi connectivity index (χ3n) is 2.30. The summed E-state index contributed by atoms with van der Waals surface area (Å²) < 4.78 is 5.33. The van der Waals surface area contributed by atoms with E-state index in [2.05, 4.69) is 24.1 Å². The van der Waals surface area contributed by atoms with Crippen LogP contribution in [0.15, 0.2) is 29.6 Å². The van der Waals surface area contributed by atoms with Gasteiger partial charge in [0.25, 0.3) is 0 Å². The zero-order valence-electron chi connectivity index (χ0n) is 10.2. The van der Waals surface area contributed by atoms with Gasteiger partial charge in [0.1, 0.15) is 5.75 Å². The molecule has 0 atom stereocenters. The molecule has 0 bridgehead atoms. The van der Waals surface area contributed by atoms with E-state index in [9.17, 15) is 0 Å². The quantitative estimate of drug-likeness (QED) is 0.897. The first kappa shape index (κ1) is 11.9. The number of aromatic nitrogens is 1. The smallest absolute Gasteiger partial charge is 0.183 e. The number of nitrogens with one attached hydrogen (secondary N) is 1. The number of thiazole rings is 1. The second-order valence-electron chi connectivity index (χ2n) is 4.04. The van der Waals surface area contributed by atoms with Crippen LogP contribution in [-0.2, 0) is 0 Å². The van der Waals surface area contributed by atoms with Crippen molar-refractivity contribution in [1.82, 2.24) is 4.98 Å². The molecule has 2 aromatic rings. The van der Waals surface area contributed by atoms with Crippen molar-refractivity contribution in [2.24, 2.45) is 0 Å². The number of para-hydroxylation sites is 1. The van der Waals surface area contributed by atoms with Crippen LogP contribution in [0.4, 0.5) is 5.13 Å². The minimum absolute atomic E-state index is 0.395. The number of methoxy groups -OCH3 is 1. The first-order valence-corrected chi connectivity index (χ1v) is 6.44. The van der Waals surface area contributed by atoms with Crippen molar-refractivity contribution < 1.29 is 4.74 Å². The number of anilines is 1. The molecule has 17 heavy (non-hydrogen) atoms. The number of benzene rings is 1. The van der Waals surface area contributed by atoms with Crippen molar-refractivity contribution in [3.05, 3.63) is 29.6 Å². The van der Waals surface area contributed by atoms with E-state index in [1.807, 2.05) is 29.6 Å². The second kappa shape index (κ2) is 5.19. The molecule has 90 valence electrons. The molecular formula is C13H16N2OS. The topological polar surface area (TPSA) is 34.1 Å². The third-order valence-corrected chi connectivity index (χ3v) is 3.07. The SMILES string of the molecule is COc1ccccc1-c1csc(NC(C)C)n1. The Morgan fingerprint density at radius 1 is 1.29 bits per heavy atom. The van der Waals surface area contributed by atoms with Gasteiger partial charge in [-0.2, -0.15) is 0 Å². The first-order valence-electron chi connectivity index (χ1n) is 5.56. The van der Waals surface area contributed by atoms with Crippen molar-refractivity contribution in [1.29, 1.82) is 0 Å². The molecule has 0 aliphatic rings. The summed E-state index contributed by atoms with van der Waals surface area (Å²) in [5.74, 6) is 0.855. The van der Waals surface area contributed by atoms with E-state index in [4.69, 9.17) is 4.74 Å². The molecule has 0 spiro atoms. The second-order valence-corrected chi connectivity index (χ2v) is 4.90. The van der Waals surface area contributed by atoms with E-state index in [0.717, 1.165) is 22.1 Å². The Hall–Kier alpha value is -1.55. The first-order chi connectivity index (χ1) is 8.20. The highest BCUT2D eigenvalue weighted by molar-refractivity contribution is 7.14. The minimum Gasteiger partial charge on any atom is -0.496 e. The van der Waals surface area contributed by atoms with Gasteiger partial charge >= 0.3 is 0 Å². The van der Waals surface area contributed by atoms with E-state index in [0.29, 0.717) is 6.04 Å². The molecule has 3 nitrogen and oxygen atoms in total. The van der Waals surface area contributed by atoms with Crippen LogP contribution in [0.3, 0.4) is 0 Å². The minimum atomic E-state index is 0.395. The molecule has 0 aliphatic carbocycles. The van der Waals surface area contributed by atoms with Gasteiger partial charge in [-0.1, -0.05) is 12.1 Å². The van der Waals surface area contributed by atoms with Gasteiger partial charge in [-0.15, -0.1) is 11.3 Å². The maximum absolute atomic E-state index is 5.33. The number of ether oxygens (including phenoxy) is 1. The summed E-state index contributed by atoms with van der Waals surface area (Å²) in [5.41, 5.74) is 1.98. The van der Waals surface area contributed by atoms with E-state index in [1.54, 1.807) is 18.4 Å². The predicted octanol–water partition coefficient (Wildman–Crippen LogP) is 3.64. The molecule has 0 aliphatic heterocycles. The normalized spacial score (nSPS) is 10.6. The fraction of sp³-hybridized carbons (Fsp3) is 0.308. The lowest BCUT2D eigenvalue weighted by molar-refractivity contribution is 0.416. The van der Waals surface area contributed by atoms with Crippen LogP contribution in [0, 0.1) is 0 Å². The molecule has 1 aromatic carbocycles. The zero-order valence-corrected chi connectivity index (χ0v) is 11.0. The summed E-state index contributed by atoms with van der Waals surface area (Å²) in [6, 6.07) is 8.32. The number of hydrogen-bond donors (Lipinski definition) is 1. The summed E-state index contributed by atoms with van der Waals surface area (Å²) in [7, 11) is 1.68. The van der Waals surface area contributed by atoms with Gasteiger partial charge in [0.2, 0.25) is 0 Å². The van der Waals surface area contributed by atoms with Gasteiger partial charge in [0, 0.05) is 17.0 Å². The van der Waals surface area contributed by atoms with Crippen LogP contribution in [0.5, 0.6) is 5.75 Å². The van der Waals surface area contributed by atoms with Crippen molar-refractivity contribution in [2.45, 2.75) is 19.9 Å². The van der Waals surface area contributed by atoms with Gasteiger partial charge in [-0.3, -0.25) is 0 Å². The predicted molar refractivity (Wildman–Crippen MR) is 72.9 cm³/mol. The molecule has 0 fully saturated rings. The van der Waals surface area contributed by atoms with E-state index < -0.39 is 0 Å². The van der Waals surface area contributed by atoms with Crippen molar-refractivity contribution >= 4 is 16.5 Å². The van der Waals surface area contributed by atoms with Crippen LogP contribution < -0.4 is 10.1 Å². The highest BCUT2D eigenvalue weighted by atomic mass is 32.1. The molecule has 0 saturated heterocycles. The average Bonchev–Trinajstić information content (AvgIpc) is 2.76. The van der Waals surface area contributed by atoms with Gasteiger partial charge in [0.05, 0.1) is 12.8 Å². The largest absolute Gasteiger partial charge is 0.496 e. The number of hydrogen-bond acceptors (Lipinski definition) is 4. The lowest BCUT2D eigenvalue weighted by Crippen LogP contribution is -2.08. The Kier molecular flexibility index (Phi) is 3.64. The molecule has 0 radical (unpaired) electrons. The van der Waals surface area contributed by atoms with Crippen LogP contribution in [0.25, 0.3) is 11.3 Å². The maximum atomic E-state index is 5.33. The van der Waals surface area contributed by atoms with Gasteiger partial charge in [0.15, 0.2) is 5.13 Å². The van der Waals surface area contributed by atoms with Crippen LogP contribution >= 0.6 is 11.3 Å². The summed E-state index contributed by atoms with van der Waals surface area (Å²) in [6.45, 7) is 4.20. The number of nitrogens with zero attached hydrogens (tertiary/aromatic N) is 1. The highest BCUT2D eigenvalue weighted by Crippen LogP contribution is 2.31. The average molecular weight is 248 g/mol. The monoisotopic (exact) mass is 248 g/mol. The number of rotatable bonds is 4. The Balaban J connectivity index is 2.30. The molecule has 0 unspecified atom stereocenters. The third kappa shape index (κ3) is 2.77. The van der Waals surface area contributed by atoms with Gasteiger partial charge in [-0.25, -0.2) is 4.98 Å². The van der Waals surface area contributed by atoms with Crippen LogP contribution in [0.1, 0.15) is 13.8 Å². The van der Waals surface area contributed by atoms with Gasteiger partial charge < -0.3 is 10.1 Å². The molecular weight excluding hydrogens is 232 g/mol. The van der Waals surface area contributed by atoms with Crippen LogP contribution in [0.2, 0.25) is 0 Å². The van der Waals surface area contributed by atoms with Crippen LogP contribution in [-0.4, -0.2) is 18.1 Å². The lowest BCUT2D eigenvalue weighted by atomic mass is 10.1. The Bertz CT molecular complexity index is 494. The molecule has 0 saturated carbocycles. The van der Waals surface area contributed by atoms with E-state index >= 15 is 0 Å². The maximum Gasteiger partial charge on any atom is 0.183 e. The summed E-state index contributed by atoms with van der Waals surface area (Å²) in [4.78, 5) is 4.56. The van der Waals surface area contributed by atoms with Gasteiger partial charge in [-0.05, 0) is 26.0 Å². The Morgan fingerprint density at radius 3 is 2.76 bits per heavy atom. The summed E-state index contributed by atoms with van der Waals surface area (Å²) in [6.07, 6.45) is 0. The van der Waals surface area contributed by atoms with E-state index in [1.165, 1.54) is 0 Å². The molecule has 4 heteroatoms. The Morgan fingerprint density at radius 2 is 2.06 bits per heavy atom. The summed E-state index contributed by atoms with van der Waals surface area (Å²) in [5, 5.41) is 6.29. The molecule has 1 aromatic heterocycles. The lowest BCUT2D eigenvalue weighted by Gasteiger charge is -2.06. The van der Waals surface area contributed by atoms with E-state index in [-0.39, 0.29) is 0 Å². The fourth-order valence-corrected chi connectivity index (χ4v) is 2.42. The highest BCUT2D eigenvalue weighted by Gasteiger charge is 2.09. The fourth-order valence-electron chi connectivity index (χ4n) is 1.57. The van der Waals surface area contributed by atoms with Crippen molar-refractivity contribution in [3.63, 3.8) is 0 Å². The Labute approximate surface area is 105 Å². The molecule has 1 heterocycles. The molecule has 1 N–H and O–H groups in total. The molecule has 2 rings (SSSR count). The van der Waals surface area contributed by atoms with Crippen molar-refractivity contribution in [3.8, 4) is 17.0 Å². The standard InChI is InChI=1S/C13H16N2OS/c1-9(2)14-13-15-11(8-17-13)10-6-4-5-7-12(10)16-3/h4-9H,1-3H3,(H,14,15). The van der Waals surface area contributed by atoms with Crippen molar-refractivity contribution in [2.75, 3.05) is 12.4 Å².